The number of nitrogens with zero attached hydrogens (tertiary/aromatic N) is 2. The maximum Gasteiger partial charge on any atom is 0.251 e. The van der Waals surface area contributed by atoms with E-state index in [4.69, 9.17) is 0 Å². The molecule has 0 spiro atoms. The van der Waals surface area contributed by atoms with Crippen LogP contribution in [0.1, 0.15) is 130 Å². The largest absolute Gasteiger partial charge is 0.312 e. The van der Waals surface area contributed by atoms with Gasteiger partial charge in [0.1, 0.15) is 0 Å². The fourth-order valence-electron chi connectivity index (χ4n) is 3.54. The first-order valence-corrected chi connectivity index (χ1v) is 13.4. The van der Waals surface area contributed by atoms with Crippen LogP contribution in [0.5, 0.6) is 0 Å². The normalized spacial score (nSPS) is 11.8. The molecule has 0 unspecified atom stereocenters. The summed E-state index contributed by atoms with van der Waals surface area (Å²) in [5.74, 6) is 0. The van der Waals surface area contributed by atoms with Crippen molar-refractivity contribution >= 4 is 9.84 Å². The fourth-order valence-corrected chi connectivity index (χ4v) is 4.97. The van der Waals surface area contributed by atoms with Crippen LogP contribution in [-0.2, 0) is 0 Å². The van der Waals surface area contributed by atoms with Crippen LogP contribution in [0, 0.1) is 0 Å². The van der Waals surface area contributed by atoms with Crippen LogP contribution in [0.15, 0.2) is 0 Å². The minimum Gasteiger partial charge on any atom is -0.312 e. The van der Waals surface area contributed by atoms with Gasteiger partial charge < -0.3 is 9.13 Å². The molecule has 0 N–H and O–H groups in total. The molecular formula is C24H52N2Si. The first-order valence-electron chi connectivity index (χ1n) is 12.5. The highest BCUT2D eigenvalue weighted by Gasteiger charge is 2.13. The number of hydrogen-bond donors (Lipinski definition) is 0. The lowest BCUT2D eigenvalue weighted by molar-refractivity contribution is 0.335. The molecule has 2 radical (unpaired) electrons. The van der Waals surface area contributed by atoms with E-state index in [1.807, 2.05) is 0 Å². The van der Waals surface area contributed by atoms with Gasteiger partial charge in [0.15, 0.2) is 0 Å². The van der Waals surface area contributed by atoms with Crippen LogP contribution in [0.25, 0.3) is 0 Å². The van der Waals surface area contributed by atoms with E-state index in [0.29, 0.717) is 0 Å². The van der Waals surface area contributed by atoms with Crippen molar-refractivity contribution in [1.29, 1.82) is 0 Å². The van der Waals surface area contributed by atoms with Crippen LogP contribution in [0.4, 0.5) is 0 Å². The Morgan fingerprint density at radius 1 is 0.370 bits per heavy atom. The van der Waals surface area contributed by atoms with Crippen molar-refractivity contribution < 1.29 is 0 Å². The lowest BCUT2D eigenvalue weighted by atomic mass is 10.2. The minimum atomic E-state index is 0.929. The van der Waals surface area contributed by atoms with E-state index in [-0.39, 0.29) is 0 Å². The van der Waals surface area contributed by atoms with E-state index >= 15 is 0 Å². The molecule has 0 saturated carbocycles. The summed E-state index contributed by atoms with van der Waals surface area (Å²) < 4.78 is 5.62. The molecule has 27 heavy (non-hydrogen) atoms. The minimum absolute atomic E-state index is 0.929. The summed E-state index contributed by atoms with van der Waals surface area (Å²) in [6, 6.07) is 0. The summed E-state index contributed by atoms with van der Waals surface area (Å²) in [5.41, 5.74) is 0. The van der Waals surface area contributed by atoms with Gasteiger partial charge in [-0.2, -0.15) is 0 Å². The van der Waals surface area contributed by atoms with Crippen molar-refractivity contribution in [3.63, 3.8) is 0 Å². The Morgan fingerprint density at radius 2 is 0.630 bits per heavy atom. The third kappa shape index (κ3) is 19.2. The van der Waals surface area contributed by atoms with E-state index in [9.17, 15) is 0 Å². The van der Waals surface area contributed by atoms with Gasteiger partial charge >= 0.3 is 0 Å². The maximum atomic E-state index is 2.81. The number of unbranched alkanes of at least 4 members (excludes halogenated alkanes) is 12. The Bertz CT molecular complexity index is 223. The molecule has 0 aliphatic rings. The standard InChI is InChI=1S/C24H52N2Si/c1-5-9-13-17-21-25(22-18-14-10-6-2)27-26(23-19-15-11-7-3)24-20-16-12-8-4/h5-24H2,1-4H3. The van der Waals surface area contributed by atoms with Gasteiger partial charge in [0, 0.05) is 0 Å². The lowest BCUT2D eigenvalue weighted by Gasteiger charge is -2.29. The van der Waals surface area contributed by atoms with Crippen molar-refractivity contribution in [2.24, 2.45) is 0 Å². The Morgan fingerprint density at radius 3 is 0.852 bits per heavy atom. The molecular weight excluding hydrogens is 344 g/mol. The average Bonchev–Trinajstić information content (AvgIpc) is 2.68. The Hall–Kier alpha value is 0.137. The van der Waals surface area contributed by atoms with Gasteiger partial charge in [-0.15, -0.1) is 0 Å². The smallest absolute Gasteiger partial charge is 0.251 e. The summed E-state index contributed by atoms with van der Waals surface area (Å²) in [5, 5.41) is 0. The molecule has 0 rings (SSSR count). The second kappa shape index (κ2) is 22.4. The molecule has 0 aromatic rings. The zero-order chi connectivity index (χ0) is 20.0. The number of rotatable bonds is 22. The monoisotopic (exact) mass is 396 g/mol. The zero-order valence-electron chi connectivity index (χ0n) is 19.5. The van der Waals surface area contributed by atoms with Crippen LogP contribution >= 0.6 is 0 Å². The highest BCUT2D eigenvalue weighted by molar-refractivity contribution is 6.28. The number of hydrogen-bond acceptors (Lipinski definition) is 2. The molecule has 0 heterocycles. The van der Waals surface area contributed by atoms with Crippen molar-refractivity contribution in [3.8, 4) is 0 Å². The van der Waals surface area contributed by atoms with E-state index in [2.05, 4.69) is 36.8 Å². The Balaban J connectivity index is 4.42. The van der Waals surface area contributed by atoms with Crippen LogP contribution in [-0.4, -0.2) is 45.2 Å². The molecule has 0 aromatic carbocycles. The van der Waals surface area contributed by atoms with E-state index < -0.39 is 0 Å². The van der Waals surface area contributed by atoms with Crippen molar-refractivity contribution in [1.82, 2.24) is 9.13 Å². The van der Waals surface area contributed by atoms with Crippen molar-refractivity contribution in [2.45, 2.75) is 130 Å². The molecule has 0 amide bonds. The highest BCUT2D eigenvalue weighted by atomic mass is 28.2. The van der Waals surface area contributed by atoms with Gasteiger partial charge in [-0.1, -0.05) is 105 Å². The molecule has 0 fully saturated rings. The molecule has 3 heteroatoms. The lowest BCUT2D eigenvalue weighted by Crippen LogP contribution is -2.43. The Labute approximate surface area is 175 Å². The van der Waals surface area contributed by atoms with Gasteiger partial charge in [0.2, 0.25) is 0 Å². The first kappa shape index (κ1) is 27.1. The molecule has 0 saturated heterocycles. The van der Waals surface area contributed by atoms with Gasteiger partial charge in [-0.05, 0) is 51.9 Å². The summed E-state index contributed by atoms with van der Waals surface area (Å²) in [6.45, 7) is 14.6. The van der Waals surface area contributed by atoms with Crippen molar-refractivity contribution in [2.75, 3.05) is 26.2 Å². The van der Waals surface area contributed by atoms with E-state index in [1.165, 1.54) is 129 Å². The molecule has 2 nitrogen and oxygen atoms in total. The van der Waals surface area contributed by atoms with Crippen LogP contribution in [0.2, 0.25) is 0 Å². The predicted octanol–water partition coefficient (Wildman–Crippen LogP) is 7.45. The molecule has 0 aliphatic carbocycles. The maximum absolute atomic E-state index is 2.81. The Kier molecular flexibility index (Phi) is 22.5. The summed E-state index contributed by atoms with van der Waals surface area (Å²) in [6.07, 6.45) is 22.3. The second-order valence-electron chi connectivity index (χ2n) is 8.32. The third-order valence-corrected chi connectivity index (χ3v) is 6.87. The molecule has 0 aliphatic heterocycles. The third-order valence-electron chi connectivity index (χ3n) is 5.41. The van der Waals surface area contributed by atoms with E-state index in [1.54, 1.807) is 0 Å². The van der Waals surface area contributed by atoms with Gasteiger partial charge in [-0.25, -0.2) is 0 Å². The summed E-state index contributed by atoms with van der Waals surface area (Å²) in [7, 11) is 0.929. The summed E-state index contributed by atoms with van der Waals surface area (Å²) >= 11 is 0. The van der Waals surface area contributed by atoms with Gasteiger partial charge in [0.25, 0.3) is 9.84 Å². The van der Waals surface area contributed by atoms with Gasteiger partial charge in [0.05, 0.1) is 0 Å². The predicted molar refractivity (Wildman–Crippen MR) is 125 cm³/mol. The van der Waals surface area contributed by atoms with Crippen LogP contribution in [0.3, 0.4) is 0 Å². The molecule has 0 aromatic heterocycles. The summed E-state index contributed by atoms with van der Waals surface area (Å²) in [4.78, 5) is 0. The van der Waals surface area contributed by atoms with E-state index in [0.717, 1.165) is 9.84 Å². The molecule has 162 valence electrons. The molecule has 0 bridgehead atoms. The second-order valence-corrected chi connectivity index (χ2v) is 9.78. The van der Waals surface area contributed by atoms with Gasteiger partial charge in [-0.3, -0.25) is 0 Å². The first-order chi connectivity index (χ1) is 13.3. The zero-order valence-corrected chi connectivity index (χ0v) is 20.5. The van der Waals surface area contributed by atoms with Crippen LogP contribution < -0.4 is 0 Å². The van der Waals surface area contributed by atoms with Crippen molar-refractivity contribution in [3.05, 3.63) is 0 Å². The highest BCUT2D eigenvalue weighted by Crippen LogP contribution is 2.09. The topological polar surface area (TPSA) is 6.48 Å². The SMILES string of the molecule is CCCCCCN(CCCCCC)[Si]N(CCCCCC)CCCCCC. The quantitative estimate of drug-likeness (QED) is 0.138. The molecule has 0 atom stereocenters. The average molecular weight is 397 g/mol. The fraction of sp³-hybridized carbons (Fsp3) is 1.00.